The summed E-state index contributed by atoms with van der Waals surface area (Å²) >= 11 is 0. The minimum Gasteiger partial charge on any atom is -0.487 e. The van der Waals surface area contributed by atoms with Gasteiger partial charge in [0.05, 0.1) is 0 Å². The Labute approximate surface area is 153 Å². The zero-order valence-electron chi connectivity index (χ0n) is 15.3. The molecule has 1 unspecified atom stereocenters. The molecular formula is C18H26N4O4. The number of piperazine rings is 1. The first-order valence-electron chi connectivity index (χ1n) is 8.83. The molecule has 1 saturated heterocycles. The second kappa shape index (κ2) is 8.98. The summed E-state index contributed by atoms with van der Waals surface area (Å²) in [5.74, 6) is 2.14. The molecule has 2 aromatic rings. The Hall–Kier alpha value is -2.16. The van der Waals surface area contributed by atoms with Crippen LogP contribution in [0.4, 0.5) is 0 Å². The van der Waals surface area contributed by atoms with Crippen molar-refractivity contribution in [2.75, 3.05) is 46.4 Å². The van der Waals surface area contributed by atoms with Crippen LogP contribution in [0.5, 0.6) is 11.5 Å². The van der Waals surface area contributed by atoms with E-state index in [-0.39, 0.29) is 13.2 Å². The Kier molecular flexibility index (Phi) is 6.43. The summed E-state index contributed by atoms with van der Waals surface area (Å²) in [6, 6.07) is 7.36. The number of aryl methyl sites for hydroxylation is 1. The van der Waals surface area contributed by atoms with Gasteiger partial charge < -0.3 is 24.0 Å². The number of para-hydroxylation sites is 2. The first kappa shape index (κ1) is 18.6. The molecule has 0 saturated carbocycles. The Bertz CT molecular complexity index is 685. The Morgan fingerprint density at radius 2 is 1.85 bits per heavy atom. The van der Waals surface area contributed by atoms with Crippen LogP contribution in [-0.4, -0.2) is 77.5 Å². The number of aliphatic hydroxyl groups is 1. The van der Waals surface area contributed by atoms with Crippen molar-refractivity contribution in [1.82, 2.24) is 19.9 Å². The van der Waals surface area contributed by atoms with Crippen molar-refractivity contribution in [2.45, 2.75) is 19.6 Å². The maximum absolute atomic E-state index is 10.3. The number of β-amino-alcohol motifs (C(OH)–C–C–N with tert-alkyl or cyclic N) is 1. The summed E-state index contributed by atoms with van der Waals surface area (Å²) in [5, 5.41) is 14.0. The topological polar surface area (TPSA) is 84.1 Å². The van der Waals surface area contributed by atoms with Gasteiger partial charge in [-0.3, -0.25) is 4.90 Å². The lowest BCUT2D eigenvalue weighted by Crippen LogP contribution is -2.47. The highest BCUT2D eigenvalue weighted by Crippen LogP contribution is 2.27. The number of benzene rings is 1. The number of rotatable bonds is 8. The van der Waals surface area contributed by atoms with E-state index in [1.54, 1.807) is 6.92 Å². The van der Waals surface area contributed by atoms with Gasteiger partial charge in [0, 0.05) is 32.7 Å². The van der Waals surface area contributed by atoms with E-state index in [0.29, 0.717) is 29.8 Å². The SMILES string of the molecule is Cc1noc(COc2ccccc2OCC(O)CN2CCN(C)CC2)n1. The van der Waals surface area contributed by atoms with Crippen LogP contribution in [0.3, 0.4) is 0 Å². The lowest BCUT2D eigenvalue weighted by Gasteiger charge is -2.33. The molecule has 0 radical (unpaired) electrons. The molecule has 0 aliphatic carbocycles. The minimum atomic E-state index is -0.551. The molecule has 142 valence electrons. The monoisotopic (exact) mass is 362 g/mol. The van der Waals surface area contributed by atoms with Crippen LogP contribution in [0.2, 0.25) is 0 Å². The number of hydrogen-bond acceptors (Lipinski definition) is 8. The Morgan fingerprint density at radius 1 is 1.15 bits per heavy atom. The van der Waals surface area contributed by atoms with E-state index in [4.69, 9.17) is 14.0 Å². The summed E-state index contributed by atoms with van der Waals surface area (Å²) in [6.07, 6.45) is -0.551. The van der Waals surface area contributed by atoms with Gasteiger partial charge in [-0.1, -0.05) is 17.3 Å². The molecule has 0 spiro atoms. The fraction of sp³-hybridized carbons (Fsp3) is 0.556. The minimum absolute atomic E-state index is 0.172. The lowest BCUT2D eigenvalue weighted by molar-refractivity contribution is 0.0494. The van der Waals surface area contributed by atoms with Crippen LogP contribution in [0.15, 0.2) is 28.8 Å². The smallest absolute Gasteiger partial charge is 0.264 e. The number of ether oxygens (including phenoxy) is 2. The molecule has 1 atom stereocenters. The van der Waals surface area contributed by atoms with Crippen LogP contribution in [-0.2, 0) is 6.61 Å². The predicted molar refractivity (Wildman–Crippen MR) is 95.2 cm³/mol. The van der Waals surface area contributed by atoms with Crippen LogP contribution in [0.1, 0.15) is 11.7 Å². The van der Waals surface area contributed by atoms with Crippen molar-refractivity contribution in [3.8, 4) is 11.5 Å². The molecule has 8 nitrogen and oxygen atoms in total. The van der Waals surface area contributed by atoms with E-state index in [1.165, 1.54) is 0 Å². The van der Waals surface area contributed by atoms with Gasteiger partial charge in [0.1, 0.15) is 12.7 Å². The number of nitrogens with zero attached hydrogens (tertiary/aromatic N) is 4. The highest BCUT2D eigenvalue weighted by molar-refractivity contribution is 5.39. The third-order valence-electron chi connectivity index (χ3n) is 4.27. The molecule has 0 bridgehead atoms. The molecule has 1 N–H and O–H groups in total. The average molecular weight is 362 g/mol. The molecule has 0 amide bonds. The van der Waals surface area contributed by atoms with E-state index < -0.39 is 6.10 Å². The predicted octanol–water partition coefficient (Wildman–Crippen LogP) is 0.944. The van der Waals surface area contributed by atoms with Crippen molar-refractivity contribution < 1.29 is 19.1 Å². The van der Waals surface area contributed by atoms with Crippen LogP contribution in [0, 0.1) is 6.92 Å². The number of aliphatic hydroxyl groups excluding tert-OH is 1. The normalized spacial score (nSPS) is 17.2. The van der Waals surface area contributed by atoms with E-state index in [9.17, 15) is 5.11 Å². The van der Waals surface area contributed by atoms with E-state index >= 15 is 0 Å². The van der Waals surface area contributed by atoms with E-state index in [1.807, 2.05) is 24.3 Å². The Balaban J connectivity index is 1.48. The quantitative estimate of drug-likeness (QED) is 0.743. The average Bonchev–Trinajstić information content (AvgIpc) is 3.06. The summed E-state index contributed by atoms with van der Waals surface area (Å²) < 4.78 is 16.5. The van der Waals surface area contributed by atoms with Gasteiger partial charge >= 0.3 is 0 Å². The molecule has 1 aromatic heterocycles. The zero-order valence-corrected chi connectivity index (χ0v) is 15.3. The summed E-state index contributed by atoms with van der Waals surface area (Å²) in [4.78, 5) is 8.66. The molecule has 1 aromatic carbocycles. The molecule has 1 aliphatic heterocycles. The van der Waals surface area contributed by atoms with Gasteiger partial charge in [-0.15, -0.1) is 0 Å². The fourth-order valence-electron chi connectivity index (χ4n) is 2.79. The highest BCUT2D eigenvalue weighted by Gasteiger charge is 2.18. The second-order valence-electron chi connectivity index (χ2n) is 6.54. The molecule has 1 aliphatic rings. The molecule has 3 rings (SSSR count). The zero-order chi connectivity index (χ0) is 18.4. The van der Waals surface area contributed by atoms with Gasteiger partial charge in [0.25, 0.3) is 5.89 Å². The standard InChI is InChI=1S/C18H26N4O4/c1-14-19-18(26-20-14)13-25-17-6-4-3-5-16(17)24-12-15(23)11-22-9-7-21(2)8-10-22/h3-6,15,23H,7-13H2,1-2H3. The molecule has 26 heavy (non-hydrogen) atoms. The first-order chi connectivity index (χ1) is 12.6. The molecule has 2 heterocycles. The maximum Gasteiger partial charge on any atom is 0.264 e. The van der Waals surface area contributed by atoms with Crippen molar-refractivity contribution in [2.24, 2.45) is 0 Å². The summed E-state index contributed by atoms with van der Waals surface area (Å²) in [5.41, 5.74) is 0. The third-order valence-corrected chi connectivity index (χ3v) is 4.27. The molecule has 1 fully saturated rings. The van der Waals surface area contributed by atoms with E-state index in [2.05, 4.69) is 27.0 Å². The fourth-order valence-corrected chi connectivity index (χ4v) is 2.79. The van der Waals surface area contributed by atoms with Crippen molar-refractivity contribution in [3.05, 3.63) is 36.0 Å². The van der Waals surface area contributed by atoms with Crippen LogP contribution < -0.4 is 9.47 Å². The largest absolute Gasteiger partial charge is 0.487 e. The maximum atomic E-state index is 10.3. The van der Waals surface area contributed by atoms with Crippen molar-refractivity contribution >= 4 is 0 Å². The Morgan fingerprint density at radius 3 is 2.50 bits per heavy atom. The highest BCUT2D eigenvalue weighted by atomic mass is 16.5. The van der Waals surface area contributed by atoms with E-state index in [0.717, 1.165) is 26.2 Å². The summed E-state index contributed by atoms with van der Waals surface area (Å²) in [6.45, 7) is 6.74. The molecular weight excluding hydrogens is 336 g/mol. The molecule has 8 heteroatoms. The van der Waals surface area contributed by atoms with Gasteiger partial charge in [-0.25, -0.2) is 0 Å². The van der Waals surface area contributed by atoms with Crippen molar-refractivity contribution in [1.29, 1.82) is 0 Å². The number of likely N-dealkylation sites (N-methyl/N-ethyl adjacent to an activating group) is 1. The first-order valence-corrected chi connectivity index (χ1v) is 8.83. The van der Waals surface area contributed by atoms with Gasteiger partial charge in [-0.05, 0) is 26.1 Å². The van der Waals surface area contributed by atoms with Crippen molar-refractivity contribution in [3.63, 3.8) is 0 Å². The van der Waals surface area contributed by atoms with Crippen LogP contribution in [0.25, 0.3) is 0 Å². The number of aromatic nitrogens is 2. The van der Waals surface area contributed by atoms with Gasteiger partial charge in [0.15, 0.2) is 23.9 Å². The van der Waals surface area contributed by atoms with Gasteiger partial charge in [-0.2, -0.15) is 4.98 Å². The lowest BCUT2D eigenvalue weighted by atomic mass is 10.2. The van der Waals surface area contributed by atoms with Gasteiger partial charge in [0.2, 0.25) is 0 Å². The summed E-state index contributed by atoms with van der Waals surface area (Å²) in [7, 11) is 2.11. The third kappa shape index (κ3) is 5.42. The second-order valence-corrected chi connectivity index (χ2v) is 6.54. The number of hydrogen-bond donors (Lipinski definition) is 1. The van der Waals surface area contributed by atoms with Crippen LogP contribution >= 0.6 is 0 Å².